The van der Waals surface area contributed by atoms with Crippen LogP contribution in [0.1, 0.15) is 30.6 Å². The first kappa shape index (κ1) is 19.8. The molecule has 1 atom stereocenters. The van der Waals surface area contributed by atoms with Gasteiger partial charge in [0.15, 0.2) is 0 Å². The third kappa shape index (κ3) is 4.36. The van der Waals surface area contributed by atoms with Crippen molar-refractivity contribution in [1.29, 1.82) is 0 Å². The normalized spacial score (nSPS) is 15.7. The molecule has 2 amide bonds. The predicted molar refractivity (Wildman–Crippen MR) is 104 cm³/mol. The van der Waals surface area contributed by atoms with Crippen molar-refractivity contribution in [1.82, 2.24) is 9.80 Å². The molecule has 1 aromatic rings. The Morgan fingerprint density at radius 1 is 1.35 bits per heavy atom. The average molecular weight is 359 g/mol. The fraction of sp³-hybridized carbons (Fsp3) is 0.500. The zero-order chi connectivity index (χ0) is 19.4. The summed E-state index contributed by atoms with van der Waals surface area (Å²) in [5.74, 6) is 0.763. The highest BCUT2D eigenvalue weighted by atomic mass is 16.5. The molecular weight excluding hydrogens is 330 g/mol. The molecule has 1 aliphatic rings. The molecule has 1 aromatic carbocycles. The summed E-state index contributed by atoms with van der Waals surface area (Å²) in [4.78, 5) is 30.3. The topological polar surface area (TPSA) is 53.1 Å². The summed E-state index contributed by atoms with van der Waals surface area (Å²) in [5, 5.41) is 0. The van der Waals surface area contributed by atoms with Gasteiger partial charge in [0.2, 0.25) is 5.91 Å². The molecule has 0 aromatic heterocycles. The largest absolute Gasteiger partial charge is 0.489 e. The first-order valence-corrected chi connectivity index (χ1v) is 8.88. The van der Waals surface area contributed by atoms with Crippen molar-refractivity contribution in [3.05, 3.63) is 35.9 Å². The van der Waals surface area contributed by atoms with Crippen molar-refractivity contribution in [3.63, 3.8) is 0 Å². The third-order valence-electron chi connectivity index (χ3n) is 4.58. The number of rotatable bonds is 6. The molecule has 142 valence electrons. The van der Waals surface area contributed by atoms with Gasteiger partial charge in [-0.05, 0) is 32.0 Å². The summed E-state index contributed by atoms with van der Waals surface area (Å²) in [5.41, 5.74) is 2.41. The van der Waals surface area contributed by atoms with Gasteiger partial charge in [-0.25, -0.2) is 0 Å². The number of likely N-dealkylation sites (N-methyl/N-ethyl adjacent to an activating group) is 2. The number of benzene rings is 1. The van der Waals surface area contributed by atoms with Crippen molar-refractivity contribution in [3.8, 4) is 5.75 Å². The van der Waals surface area contributed by atoms with Crippen LogP contribution in [0, 0.1) is 0 Å². The standard InChI is InChI=1S/C20H29N3O3/c1-7-23(12-14(2)3)19(24)11-16-13-26-18-9-8-15(20(25)21(4)5)10-17(18)22(16)6/h8-10,16H,2,7,11-13H2,1,3-6H3. The Morgan fingerprint density at radius 2 is 2.04 bits per heavy atom. The Morgan fingerprint density at radius 3 is 2.62 bits per heavy atom. The van der Waals surface area contributed by atoms with Crippen LogP contribution in [-0.4, -0.2) is 68.5 Å². The second-order valence-corrected chi connectivity index (χ2v) is 7.03. The fourth-order valence-corrected chi connectivity index (χ4v) is 3.03. The van der Waals surface area contributed by atoms with E-state index in [2.05, 4.69) is 6.58 Å². The minimum Gasteiger partial charge on any atom is -0.489 e. The van der Waals surface area contributed by atoms with Gasteiger partial charge >= 0.3 is 0 Å². The molecule has 0 aliphatic carbocycles. The van der Waals surface area contributed by atoms with E-state index in [1.807, 2.05) is 37.9 Å². The number of hydrogen-bond donors (Lipinski definition) is 0. The predicted octanol–water partition coefficient (Wildman–Crippen LogP) is 2.40. The molecule has 1 heterocycles. The lowest BCUT2D eigenvalue weighted by Crippen LogP contribution is -2.45. The summed E-state index contributed by atoms with van der Waals surface area (Å²) < 4.78 is 5.84. The van der Waals surface area contributed by atoms with Crippen LogP contribution >= 0.6 is 0 Å². The van der Waals surface area contributed by atoms with Crippen molar-refractivity contribution in [2.75, 3.05) is 45.7 Å². The highest BCUT2D eigenvalue weighted by Gasteiger charge is 2.29. The summed E-state index contributed by atoms with van der Waals surface area (Å²) in [6, 6.07) is 5.35. The van der Waals surface area contributed by atoms with Crippen LogP contribution in [0.2, 0.25) is 0 Å². The SMILES string of the molecule is C=C(C)CN(CC)C(=O)CC1COc2ccc(C(=O)N(C)C)cc2N1C. The molecule has 0 saturated carbocycles. The van der Waals surface area contributed by atoms with Crippen LogP contribution in [-0.2, 0) is 4.79 Å². The summed E-state index contributed by atoms with van der Waals surface area (Å²) >= 11 is 0. The molecule has 26 heavy (non-hydrogen) atoms. The van der Waals surface area contributed by atoms with Gasteiger partial charge in [0.05, 0.1) is 18.2 Å². The fourth-order valence-electron chi connectivity index (χ4n) is 3.03. The lowest BCUT2D eigenvalue weighted by Gasteiger charge is -2.36. The first-order valence-electron chi connectivity index (χ1n) is 8.88. The second kappa shape index (κ2) is 8.25. The Bertz CT molecular complexity index is 700. The van der Waals surface area contributed by atoms with Crippen LogP contribution < -0.4 is 9.64 Å². The molecule has 0 bridgehead atoms. The van der Waals surface area contributed by atoms with Crippen molar-refractivity contribution < 1.29 is 14.3 Å². The number of nitrogens with zero attached hydrogens (tertiary/aromatic N) is 3. The second-order valence-electron chi connectivity index (χ2n) is 7.03. The summed E-state index contributed by atoms with van der Waals surface area (Å²) in [7, 11) is 5.40. The van der Waals surface area contributed by atoms with E-state index >= 15 is 0 Å². The van der Waals surface area contributed by atoms with Crippen molar-refractivity contribution >= 4 is 17.5 Å². The van der Waals surface area contributed by atoms with Crippen LogP contribution in [0.5, 0.6) is 5.75 Å². The van der Waals surface area contributed by atoms with Gasteiger partial charge in [-0.1, -0.05) is 12.2 Å². The van der Waals surface area contributed by atoms with Gasteiger partial charge in [-0.15, -0.1) is 0 Å². The van der Waals surface area contributed by atoms with Gasteiger partial charge in [0.25, 0.3) is 5.91 Å². The highest BCUT2D eigenvalue weighted by Crippen LogP contribution is 2.34. The van der Waals surface area contributed by atoms with E-state index in [0.717, 1.165) is 17.0 Å². The smallest absolute Gasteiger partial charge is 0.253 e. The lowest BCUT2D eigenvalue weighted by atomic mass is 10.1. The van der Waals surface area contributed by atoms with Crippen molar-refractivity contribution in [2.45, 2.75) is 26.3 Å². The van der Waals surface area contributed by atoms with Crippen LogP contribution in [0.4, 0.5) is 5.69 Å². The number of anilines is 1. The number of amides is 2. The quantitative estimate of drug-likeness (QED) is 0.732. The van der Waals surface area contributed by atoms with Crippen LogP contribution in [0.25, 0.3) is 0 Å². The van der Waals surface area contributed by atoms with Gasteiger partial charge < -0.3 is 19.4 Å². The number of ether oxygens (including phenoxy) is 1. The molecule has 0 fully saturated rings. The maximum atomic E-state index is 12.6. The van der Waals surface area contributed by atoms with Gasteiger partial charge in [0, 0.05) is 39.8 Å². The van der Waals surface area contributed by atoms with Gasteiger partial charge in [0.1, 0.15) is 12.4 Å². The van der Waals surface area contributed by atoms with E-state index in [0.29, 0.717) is 31.7 Å². The molecule has 0 N–H and O–H groups in total. The number of carbonyl (C=O) groups is 2. The molecule has 0 radical (unpaired) electrons. The monoisotopic (exact) mass is 359 g/mol. The minimum atomic E-state index is -0.0705. The Balaban J connectivity index is 2.16. The van der Waals surface area contributed by atoms with Crippen LogP contribution in [0.15, 0.2) is 30.4 Å². The van der Waals surface area contributed by atoms with E-state index < -0.39 is 0 Å². The van der Waals surface area contributed by atoms with Crippen LogP contribution in [0.3, 0.4) is 0 Å². The van der Waals surface area contributed by atoms with Gasteiger partial charge in [-0.3, -0.25) is 9.59 Å². The van der Waals surface area contributed by atoms with E-state index in [1.54, 1.807) is 30.0 Å². The van der Waals surface area contributed by atoms with E-state index in [-0.39, 0.29) is 17.9 Å². The molecule has 0 saturated heterocycles. The molecule has 1 aliphatic heterocycles. The zero-order valence-corrected chi connectivity index (χ0v) is 16.4. The average Bonchev–Trinajstić information content (AvgIpc) is 2.60. The zero-order valence-electron chi connectivity index (χ0n) is 16.4. The Labute approximate surface area is 156 Å². The van der Waals surface area contributed by atoms with Gasteiger partial charge in [-0.2, -0.15) is 0 Å². The Hall–Kier alpha value is -2.50. The first-order chi connectivity index (χ1) is 12.2. The highest BCUT2D eigenvalue weighted by molar-refractivity contribution is 5.95. The molecule has 2 rings (SSSR count). The van der Waals surface area contributed by atoms with E-state index in [1.165, 1.54) is 0 Å². The van der Waals surface area contributed by atoms with Crippen molar-refractivity contribution in [2.24, 2.45) is 0 Å². The molecule has 1 unspecified atom stereocenters. The summed E-state index contributed by atoms with van der Waals surface area (Å²) in [6.07, 6.45) is 0.364. The molecule has 0 spiro atoms. The molecule has 6 nitrogen and oxygen atoms in total. The Kier molecular flexibility index (Phi) is 6.29. The maximum Gasteiger partial charge on any atom is 0.253 e. The molecule has 6 heteroatoms. The minimum absolute atomic E-state index is 0.0574. The third-order valence-corrected chi connectivity index (χ3v) is 4.58. The van der Waals surface area contributed by atoms with E-state index in [9.17, 15) is 9.59 Å². The lowest BCUT2D eigenvalue weighted by molar-refractivity contribution is -0.131. The summed E-state index contributed by atoms with van der Waals surface area (Å²) in [6.45, 7) is 9.46. The van der Waals surface area contributed by atoms with E-state index in [4.69, 9.17) is 4.74 Å². The number of carbonyl (C=O) groups excluding carboxylic acids is 2. The number of hydrogen-bond acceptors (Lipinski definition) is 4. The molecular formula is C20H29N3O3. The maximum absolute atomic E-state index is 12.6. The number of fused-ring (bicyclic) bond motifs is 1.